The number of fused-ring (bicyclic) bond motifs is 1. The third kappa shape index (κ3) is 6.19. The molecule has 11 nitrogen and oxygen atoms in total. The predicted octanol–water partition coefficient (Wildman–Crippen LogP) is 1.44. The first-order chi connectivity index (χ1) is 15.5. The van der Waals surface area contributed by atoms with E-state index in [1.807, 2.05) is 24.3 Å². The first-order valence-electron chi connectivity index (χ1n) is 10.2. The number of aryl methyl sites for hydroxylation is 1. The molecule has 0 aliphatic heterocycles. The summed E-state index contributed by atoms with van der Waals surface area (Å²) in [6, 6.07) is 6.58. The van der Waals surface area contributed by atoms with Gasteiger partial charge in [-0.1, -0.05) is 18.2 Å². The highest BCUT2D eigenvalue weighted by Gasteiger charge is 2.25. The summed E-state index contributed by atoms with van der Waals surface area (Å²) in [4.78, 5) is 56.1. The summed E-state index contributed by atoms with van der Waals surface area (Å²) in [6.07, 6.45) is 2.31. The Bertz CT molecular complexity index is 1310. The Morgan fingerprint density at radius 2 is 1.91 bits per heavy atom. The van der Waals surface area contributed by atoms with Gasteiger partial charge in [0, 0.05) is 29.2 Å². The maximum absolute atomic E-state index is 12.9. The third-order valence-electron chi connectivity index (χ3n) is 4.65. The number of hydrazone groups is 1. The molecule has 0 aliphatic rings. The van der Waals surface area contributed by atoms with Gasteiger partial charge < -0.3 is 20.0 Å². The Balaban J connectivity index is 1.80. The molecule has 11 heteroatoms. The second-order valence-corrected chi connectivity index (χ2v) is 8.44. The van der Waals surface area contributed by atoms with Crippen LogP contribution in [0.1, 0.15) is 37.6 Å². The van der Waals surface area contributed by atoms with Gasteiger partial charge in [0.1, 0.15) is 11.6 Å². The van der Waals surface area contributed by atoms with E-state index in [0.717, 1.165) is 22.7 Å². The average Bonchev–Trinajstić information content (AvgIpc) is 3.11. The summed E-state index contributed by atoms with van der Waals surface area (Å²) in [5.74, 6) is -0.610. The summed E-state index contributed by atoms with van der Waals surface area (Å²) >= 11 is 0. The number of hydrogen-bond donors (Lipinski definition) is 5. The lowest BCUT2D eigenvalue weighted by atomic mass is 10.0. The van der Waals surface area contributed by atoms with Crippen LogP contribution in [0.2, 0.25) is 0 Å². The number of carbonyl (C=O) groups is 2. The molecule has 2 amide bonds. The van der Waals surface area contributed by atoms with Crippen molar-refractivity contribution in [2.45, 2.75) is 45.8 Å². The second-order valence-electron chi connectivity index (χ2n) is 8.44. The molecule has 2 heterocycles. The zero-order valence-electron chi connectivity index (χ0n) is 18.7. The molecule has 5 N–H and O–H groups in total. The number of ether oxygens (including phenoxy) is 1. The van der Waals surface area contributed by atoms with Crippen molar-refractivity contribution in [3.05, 3.63) is 68.1 Å². The highest BCUT2D eigenvalue weighted by atomic mass is 16.6. The van der Waals surface area contributed by atoms with E-state index >= 15 is 0 Å². The predicted molar refractivity (Wildman–Crippen MR) is 123 cm³/mol. The van der Waals surface area contributed by atoms with Crippen LogP contribution in [0.25, 0.3) is 10.9 Å². The number of nitrogens with zero attached hydrogens (tertiary/aromatic N) is 1. The van der Waals surface area contributed by atoms with Crippen LogP contribution < -0.4 is 22.0 Å². The van der Waals surface area contributed by atoms with Gasteiger partial charge >= 0.3 is 11.8 Å². The van der Waals surface area contributed by atoms with Crippen molar-refractivity contribution < 1.29 is 14.3 Å². The molecular weight excluding hydrogens is 428 g/mol. The smallest absolute Gasteiger partial charge is 0.408 e. The summed E-state index contributed by atoms with van der Waals surface area (Å²) < 4.78 is 5.29. The van der Waals surface area contributed by atoms with Gasteiger partial charge in [-0.15, -0.1) is 0 Å². The van der Waals surface area contributed by atoms with Crippen molar-refractivity contribution in [1.29, 1.82) is 0 Å². The zero-order chi connectivity index (χ0) is 24.2. The fourth-order valence-electron chi connectivity index (χ4n) is 3.18. The molecule has 0 unspecified atom stereocenters. The third-order valence-corrected chi connectivity index (χ3v) is 4.65. The minimum atomic E-state index is -1.01. The van der Waals surface area contributed by atoms with Crippen LogP contribution in [0.3, 0.4) is 0 Å². The molecule has 0 bridgehead atoms. The highest BCUT2D eigenvalue weighted by molar-refractivity contribution is 5.89. The number of hydrogen-bond acceptors (Lipinski definition) is 6. The number of rotatable bonds is 6. The number of nitrogens with one attached hydrogen (secondary N) is 5. The number of aromatic nitrogens is 3. The molecule has 0 spiro atoms. The molecule has 33 heavy (non-hydrogen) atoms. The zero-order valence-corrected chi connectivity index (χ0v) is 18.7. The lowest BCUT2D eigenvalue weighted by Gasteiger charge is -2.22. The first kappa shape index (κ1) is 23.5. The van der Waals surface area contributed by atoms with Crippen molar-refractivity contribution in [2.24, 2.45) is 5.10 Å². The first-order valence-corrected chi connectivity index (χ1v) is 10.2. The molecule has 0 radical (unpaired) electrons. The van der Waals surface area contributed by atoms with Crippen LogP contribution in [-0.4, -0.2) is 44.8 Å². The van der Waals surface area contributed by atoms with Crippen LogP contribution >= 0.6 is 0 Å². The Morgan fingerprint density at radius 1 is 1.18 bits per heavy atom. The minimum Gasteiger partial charge on any atom is -0.444 e. The maximum Gasteiger partial charge on any atom is 0.408 e. The van der Waals surface area contributed by atoms with Crippen LogP contribution in [0.5, 0.6) is 0 Å². The molecule has 3 aromatic rings. The van der Waals surface area contributed by atoms with Gasteiger partial charge in [0.2, 0.25) is 0 Å². The van der Waals surface area contributed by atoms with Gasteiger partial charge in [0.05, 0.1) is 11.8 Å². The largest absolute Gasteiger partial charge is 0.444 e. The second kappa shape index (κ2) is 9.55. The van der Waals surface area contributed by atoms with E-state index in [1.54, 1.807) is 27.0 Å². The van der Waals surface area contributed by atoms with Crippen molar-refractivity contribution in [3.8, 4) is 0 Å². The van der Waals surface area contributed by atoms with Crippen molar-refractivity contribution in [1.82, 2.24) is 25.7 Å². The maximum atomic E-state index is 12.9. The number of aromatic amines is 3. The molecule has 0 fully saturated rings. The summed E-state index contributed by atoms with van der Waals surface area (Å²) in [6.45, 7) is 6.69. The van der Waals surface area contributed by atoms with E-state index in [9.17, 15) is 19.2 Å². The molecule has 0 saturated heterocycles. The fraction of sp³-hybridized carbons (Fsp3) is 0.318. The van der Waals surface area contributed by atoms with E-state index in [1.165, 1.54) is 6.92 Å². The van der Waals surface area contributed by atoms with E-state index in [0.29, 0.717) is 5.69 Å². The van der Waals surface area contributed by atoms with Crippen molar-refractivity contribution >= 4 is 29.1 Å². The lowest BCUT2D eigenvalue weighted by molar-refractivity contribution is -0.123. The quantitative estimate of drug-likeness (QED) is 0.281. The summed E-state index contributed by atoms with van der Waals surface area (Å²) in [5.41, 5.74) is 2.41. The van der Waals surface area contributed by atoms with Gasteiger partial charge in [0.25, 0.3) is 11.5 Å². The van der Waals surface area contributed by atoms with Gasteiger partial charge in [-0.3, -0.25) is 14.6 Å². The minimum absolute atomic E-state index is 0.0863. The van der Waals surface area contributed by atoms with Crippen molar-refractivity contribution in [2.75, 3.05) is 0 Å². The number of para-hydroxylation sites is 1. The highest BCUT2D eigenvalue weighted by Crippen LogP contribution is 2.19. The lowest BCUT2D eigenvalue weighted by Crippen LogP contribution is -2.48. The monoisotopic (exact) mass is 454 g/mol. The number of alkyl carbamates (subject to hydrolysis) is 1. The number of amides is 2. The number of H-pyrrole nitrogens is 3. The van der Waals surface area contributed by atoms with Gasteiger partial charge in [-0.25, -0.2) is 15.0 Å². The molecule has 2 aromatic heterocycles. The average molecular weight is 454 g/mol. The van der Waals surface area contributed by atoms with E-state index in [4.69, 9.17) is 4.74 Å². The fourth-order valence-corrected chi connectivity index (χ4v) is 3.18. The Kier molecular flexibility index (Phi) is 6.80. The molecule has 3 rings (SSSR count). The standard InChI is InChI=1S/C22H26N6O5/c1-12-15(18(29)27-20(31)25-12)11-24-28-19(30)17(26-21(32)33-22(2,3)4)9-13-10-23-16-8-6-5-7-14(13)16/h5-8,10-11,17,23H,9H2,1-4H3,(H,26,32)(H,28,30)(H2,25,27,29,31)/t17-/m0/s1. The molecule has 174 valence electrons. The van der Waals surface area contributed by atoms with Crippen molar-refractivity contribution in [3.63, 3.8) is 0 Å². The SMILES string of the molecule is Cc1[nH]c(=O)[nH]c(=O)c1C=NNC(=O)[C@H](Cc1c[nH]c2ccccc12)NC(=O)OC(C)(C)C. The molecule has 1 aromatic carbocycles. The van der Waals surface area contributed by atoms with Gasteiger partial charge in [-0.05, 0) is 39.3 Å². The number of carbonyl (C=O) groups excluding carboxylic acids is 2. The Hall–Kier alpha value is -4.15. The number of benzene rings is 1. The van der Waals surface area contributed by atoms with Gasteiger partial charge in [-0.2, -0.15) is 5.10 Å². The molecular formula is C22H26N6O5. The van der Waals surface area contributed by atoms with Crippen LogP contribution in [0, 0.1) is 6.92 Å². The van der Waals surface area contributed by atoms with E-state index < -0.39 is 34.9 Å². The van der Waals surface area contributed by atoms with Crippen LogP contribution in [0.4, 0.5) is 4.79 Å². The Morgan fingerprint density at radius 3 is 2.61 bits per heavy atom. The molecule has 0 saturated carbocycles. The van der Waals surface area contributed by atoms with Crippen LogP contribution in [0.15, 0.2) is 45.2 Å². The normalized spacial score (nSPS) is 12.6. The summed E-state index contributed by atoms with van der Waals surface area (Å²) in [7, 11) is 0. The molecule has 0 aliphatic carbocycles. The molecule has 1 atom stereocenters. The van der Waals surface area contributed by atoms with Crippen LogP contribution in [-0.2, 0) is 16.0 Å². The van der Waals surface area contributed by atoms with Gasteiger partial charge in [0.15, 0.2) is 0 Å². The Labute approximate surface area is 188 Å². The topological polar surface area (TPSA) is 161 Å². The summed E-state index contributed by atoms with van der Waals surface area (Å²) in [5, 5.41) is 7.32. The van der Waals surface area contributed by atoms with E-state index in [-0.39, 0.29) is 12.0 Å². The van der Waals surface area contributed by atoms with E-state index in [2.05, 4.69) is 30.8 Å².